The third-order valence-electron chi connectivity index (χ3n) is 5.64. The highest BCUT2D eigenvalue weighted by Gasteiger charge is 2.27. The van der Waals surface area contributed by atoms with Crippen molar-refractivity contribution in [3.63, 3.8) is 0 Å². The van der Waals surface area contributed by atoms with Crippen LogP contribution in [0.5, 0.6) is 0 Å². The van der Waals surface area contributed by atoms with Gasteiger partial charge in [-0.2, -0.15) is 13.1 Å². The zero-order chi connectivity index (χ0) is 18.3. The molecule has 1 fully saturated rings. The van der Waals surface area contributed by atoms with Crippen LogP contribution in [0.4, 0.5) is 10.5 Å². The molecular weight excluding hydrogens is 352 g/mol. The summed E-state index contributed by atoms with van der Waals surface area (Å²) in [6, 6.07) is 1.60. The minimum Gasteiger partial charge on any atom is -0.307 e. The highest BCUT2D eigenvalue weighted by Crippen LogP contribution is 2.38. The first kappa shape index (κ1) is 17.8. The minimum absolute atomic E-state index is 0.306. The number of urea groups is 1. The van der Waals surface area contributed by atoms with E-state index >= 15 is 0 Å². The first-order valence-electron chi connectivity index (χ1n) is 9.35. The molecule has 2 aliphatic carbocycles. The van der Waals surface area contributed by atoms with Crippen molar-refractivity contribution in [1.82, 2.24) is 14.3 Å². The highest BCUT2D eigenvalue weighted by atomic mass is 32.2. The Kier molecular flexibility index (Phi) is 4.66. The number of anilines is 1. The normalized spacial score (nSPS) is 19.7. The average Bonchev–Trinajstić information content (AvgIpc) is 3.18. The zero-order valence-electron chi connectivity index (χ0n) is 15.1. The standard InChI is InChI=1S/C18H26N4O3S/c1-22-10-12(11-22)9-19-26(24,25)21-18(23)20-17-15-6-2-4-13(15)8-14-5-3-7-16(14)17/h8,12,19H,2-7,9-11H2,1H3,(H2,20,21,23). The van der Waals surface area contributed by atoms with Gasteiger partial charge in [0.15, 0.2) is 0 Å². The number of benzene rings is 1. The zero-order valence-corrected chi connectivity index (χ0v) is 15.9. The molecule has 0 aromatic heterocycles. The third kappa shape index (κ3) is 3.58. The quantitative estimate of drug-likeness (QED) is 0.718. The van der Waals surface area contributed by atoms with Gasteiger partial charge in [-0.05, 0) is 73.7 Å². The van der Waals surface area contributed by atoms with E-state index in [4.69, 9.17) is 0 Å². The summed E-state index contributed by atoms with van der Waals surface area (Å²) in [6.07, 6.45) is 6.13. The maximum Gasteiger partial charge on any atom is 0.333 e. The van der Waals surface area contributed by atoms with E-state index in [1.54, 1.807) is 0 Å². The van der Waals surface area contributed by atoms with Crippen molar-refractivity contribution in [3.05, 3.63) is 28.3 Å². The van der Waals surface area contributed by atoms with Gasteiger partial charge in [-0.25, -0.2) is 9.52 Å². The van der Waals surface area contributed by atoms with Crippen LogP contribution in [0.1, 0.15) is 35.1 Å². The number of nitrogens with one attached hydrogen (secondary N) is 3. The molecule has 2 amide bonds. The molecule has 7 nitrogen and oxygen atoms in total. The fraction of sp³-hybridized carbons (Fsp3) is 0.611. The Bertz CT molecular complexity index is 799. The molecule has 0 bridgehead atoms. The van der Waals surface area contributed by atoms with E-state index < -0.39 is 16.2 Å². The molecule has 0 unspecified atom stereocenters. The Morgan fingerprint density at radius 3 is 2.31 bits per heavy atom. The monoisotopic (exact) mass is 378 g/mol. The Morgan fingerprint density at radius 1 is 1.12 bits per heavy atom. The molecule has 4 rings (SSSR count). The Balaban J connectivity index is 1.42. The van der Waals surface area contributed by atoms with Gasteiger partial charge in [-0.1, -0.05) is 6.07 Å². The highest BCUT2D eigenvalue weighted by molar-refractivity contribution is 7.88. The lowest BCUT2D eigenvalue weighted by Crippen LogP contribution is -2.51. The van der Waals surface area contributed by atoms with E-state index in [1.165, 1.54) is 22.3 Å². The summed E-state index contributed by atoms with van der Waals surface area (Å²) in [4.78, 5) is 14.5. The molecule has 1 saturated heterocycles. The van der Waals surface area contributed by atoms with Gasteiger partial charge < -0.3 is 10.2 Å². The predicted molar refractivity (Wildman–Crippen MR) is 101 cm³/mol. The molecule has 1 aromatic carbocycles. The summed E-state index contributed by atoms with van der Waals surface area (Å²) in [5, 5.41) is 2.84. The van der Waals surface area contributed by atoms with Crippen molar-refractivity contribution in [2.24, 2.45) is 5.92 Å². The van der Waals surface area contributed by atoms with Crippen LogP contribution in [0.2, 0.25) is 0 Å². The van der Waals surface area contributed by atoms with Crippen molar-refractivity contribution in [2.75, 3.05) is 32.0 Å². The Morgan fingerprint density at radius 2 is 1.73 bits per heavy atom. The molecule has 0 radical (unpaired) electrons. The van der Waals surface area contributed by atoms with Crippen LogP contribution in [0.15, 0.2) is 6.07 Å². The molecule has 1 aromatic rings. The molecule has 1 heterocycles. The molecule has 1 aliphatic heterocycles. The average molecular weight is 378 g/mol. The first-order chi connectivity index (χ1) is 12.4. The largest absolute Gasteiger partial charge is 0.333 e. The van der Waals surface area contributed by atoms with E-state index in [-0.39, 0.29) is 0 Å². The van der Waals surface area contributed by atoms with E-state index in [2.05, 4.69) is 25.7 Å². The smallest absolute Gasteiger partial charge is 0.307 e. The number of amides is 2. The maximum atomic E-state index is 12.4. The molecule has 3 N–H and O–H groups in total. The van der Waals surface area contributed by atoms with Crippen molar-refractivity contribution in [2.45, 2.75) is 38.5 Å². The number of aryl methyl sites for hydroxylation is 2. The van der Waals surface area contributed by atoms with Gasteiger partial charge in [0.25, 0.3) is 0 Å². The molecule has 0 atom stereocenters. The van der Waals surface area contributed by atoms with Gasteiger partial charge in [-0.15, -0.1) is 0 Å². The van der Waals surface area contributed by atoms with E-state index in [9.17, 15) is 13.2 Å². The van der Waals surface area contributed by atoms with Crippen molar-refractivity contribution >= 4 is 21.9 Å². The van der Waals surface area contributed by atoms with Crippen LogP contribution >= 0.6 is 0 Å². The van der Waals surface area contributed by atoms with Crippen molar-refractivity contribution in [3.8, 4) is 0 Å². The van der Waals surface area contributed by atoms with Gasteiger partial charge in [0.1, 0.15) is 0 Å². The molecular formula is C18H26N4O3S. The lowest BCUT2D eigenvalue weighted by atomic mass is 9.99. The summed E-state index contributed by atoms with van der Waals surface area (Å²) in [5.74, 6) is 0.306. The van der Waals surface area contributed by atoms with Crippen LogP contribution in [-0.2, 0) is 35.9 Å². The van der Waals surface area contributed by atoms with Crippen LogP contribution in [0.3, 0.4) is 0 Å². The van der Waals surface area contributed by atoms with Crippen LogP contribution in [0, 0.1) is 5.92 Å². The molecule has 8 heteroatoms. The maximum absolute atomic E-state index is 12.4. The number of fused-ring (bicyclic) bond motifs is 2. The van der Waals surface area contributed by atoms with Crippen molar-refractivity contribution < 1.29 is 13.2 Å². The van der Waals surface area contributed by atoms with Crippen LogP contribution in [-0.4, -0.2) is 46.0 Å². The molecule has 3 aliphatic rings. The topological polar surface area (TPSA) is 90.5 Å². The number of carbonyl (C=O) groups is 1. The lowest BCUT2D eigenvalue weighted by molar-refractivity contribution is 0.137. The minimum atomic E-state index is -3.85. The number of rotatable bonds is 5. The lowest BCUT2D eigenvalue weighted by Gasteiger charge is -2.36. The molecule has 26 heavy (non-hydrogen) atoms. The number of carbonyl (C=O) groups excluding carboxylic acids is 1. The number of likely N-dealkylation sites (tertiary alicyclic amines) is 1. The Hall–Kier alpha value is -1.64. The SMILES string of the molecule is CN1CC(CNS(=O)(=O)NC(=O)Nc2c3c(cc4c2CCC4)CCC3)C1. The summed E-state index contributed by atoms with van der Waals surface area (Å²) < 4.78 is 28.8. The van der Waals surface area contributed by atoms with Gasteiger partial charge in [0.05, 0.1) is 0 Å². The molecule has 142 valence electrons. The van der Waals surface area contributed by atoms with E-state index in [0.717, 1.165) is 57.3 Å². The van der Waals surface area contributed by atoms with Gasteiger partial charge >= 0.3 is 16.2 Å². The first-order valence-corrected chi connectivity index (χ1v) is 10.8. The second-order valence-corrected chi connectivity index (χ2v) is 9.23. The Labute approximate surface area is 154 Å². The molecule has 0 saturated carbocycles. The van der Waals surface area contributed by atoms with Gasteiger partial charge in [0, 0.05) is 25.3 Å². The predicted octanol–water partition coefficient (Wildman–Crippen LogP) is 1.18. The number of hydrogen-bond acceptors (Lipinski definition) is 4. The third-order valence-corrected chi connectivity index (χ3v) is 6.64. The van der Waals surface area contributed by atoms with Gasteiger partial charge in [-0.3, -0.25) is 0 Å². The second-order valence-electron chi connectivity index (χ2n) is 7.73. The fourth-order valence-corrected chi connectivity index (χ4v) is 5.27. The van der Waals surface area contributed by atoms with Crippen LogP contribution < -0.4 is 14.8 Å². The van der Waals surface area contributed by atoms with E-state index in [1.807, 2.05) is 7.05 Å². The molecule has 0 spiro atoms. The van der Waals surface area contributed by atoms with E-state index in [0.29, 0.717) is 12.5 Å². The summed E-state index contributed by atoms with van der Waals surface area (Å²) in [7, 11) is -1.85. The number of hydrogen-bond donors (Lipinski definition) is 3. The summed E-state index contributed by atoms with van der Waals surface area (Å²) >= 11 is 0. The van der Waals surface area contributed by atoms with Gasteiger partial charge in [0.2, 0.25) is 0 Å². The summed E-state index contributed by atoms with van der Waals surface area (Å²) in [5.41, 5.74) is 5.82. The second kappa shape index (κ2) is 6.83. The van der Waals surface area contributed by atoms with Crippen LogP contribution in [0.25, 0.3) is 0 Å². The number of nitrogens with zero attached hydrogens (tertiary/aromatic N) is 1. The van der Waals surface area contributed by atoms with Crippen molar-refractivity contribution in [1.29, 1.82) is 0 Å². The summed E-state index contributed by atoms with van der Waals surface area (Å²) in [6.45, 7) is 2.09. The fourth-order valence-electron chi connectivity index (χ4n) is 4.45.